The summed E-state index contributed by atoms with van der Waals surface area (Å²) in [7, 11) is 0. The molecule has 1 amide bonds. The van der Waals surface area contributed by atoms with E-state index in [9.17, 15) is 4.79 Å². The van der Waals surface area contributed by atoms with Crippen LogP contribution in [0.4, 0.5) is 0 Å². The van der Waals surface area contributed by atoms with Crippen molar-refractivity contribution in [3.05, 3.63) is 22.4 Å². The molecule has 0 aromatic carbocycles. The number of rotatable bonds is 4. The molecule has 2 unspecified atom stereocenters. The minimum absolute atomic E-state index is 0. The summed E-state index contributed by atoms with van der Waals surface area (Å²) in [5, 5.41) is 8.47. The Balaban J connectivity index is 0.00000162. The van der Waals surface area contributed by atoms with Gasteiger partial charge in [-0.25, -0.2) is 0 Å². The van der Waals surface area contributed by atoms with Crippen molar-refractivity contribution in [1.82, 2.24) is 10.6 Å². The third-order valence-corrected chi connectivity index (χ3v) is 4.96. The highest BCUT2D eigenvalue weighted by Gasteiger charge is 2.18. The van der Waals surface area contributed by atoms with Crippen molar-refractivity contribution in [3.8, 4) is 0 Å². The summed E-state index contributed by atoms with van der Waals surface area (Å²) in [6, 6.07) is 4.54. The van der Waals surface area contributed by atoms with Gasteiger partial charge in [0.1, 0.15) is 0 Å². The van der Waals surface area contributed by atoms with Gasteiger partial charge in [-0.3, -0.25) is 4.79 Å². The zero-order chi connectivity index (χ0) is 12.1. The van der Waals surface area contributed by atoms with Crippen molar-refractivity contribution in [2.45, 2.75) is 25.4 Å². The summed E-state index contributed by atoms with van der Waals surface area (Å²) in [4.78, 5) is 13.1. The van der Waals surface area contributed by atoms with Crippen LogP contribution in [0.3, 0.4) is 0 Å². The molecular weight excluding hydrogens is 288 g/mol. The topological polar surface area (TPSA) is 41.1 Å². The van der Waals surface area contributed by atoms with E-state index in [4.69, 9.17) is 0 Å². The molecule has 1 saturated heterocycles. The fourth-order valence-corrected chi connectivity index (χ4v) is 3.57. The summed E-state index contributed by atoms with van der Waals surface area (Å²) < 4.78 is 0. The Morgan fingerprint density at radius 3 is 3.11 bits per heavy atom. The summed E-state index contributed by atoms with van der Waals surface area (Å²) in [5.41, 5.74) is 0. The van der Waals surface area contributed by atoms with Crippen molar-refractivity contribution in [3.63, 3.8) is 0 Å². The number of halogens is 1. The summed E-state index contributed by atoms with van der Waals surface area (Å²) in [5.74, 6) is 2.34. The Morgan fingerprint density at radius 2 is 2.50 bits per heavy atom. The molecule has 0 bridgehead atoms. The van der Waals surface area contributed by atoms with E-state index in [2.05, 4.69) is 16.7 Å². The Labute approximate surface area is 123 Å². The van der Waals surface area contributed by atoms with Gasteiger partial charge in [-0.1, -0.05) is 6.07 Å². The van der Waals surface area contributed by atoms with E-state index < -0.39 is 0 Å². The maximum absolute atomic E-state index is 11.9. The van der Waals surface area contributed by atoms with Gasteiger partial charge in [0, 0.05) is 35.4 Å². The van der Waals surface area contributed by atoms with Gasteiger partial charge in [-0.2, -0.15) is 11.8 Å². The number of nitrogens with one attached hydrogen (secondary N) is 2. The minimum atomic E-state index is 0. The first-order valence-corrected chi connectivity index (χ1v) is 7.93. The molecule has 6 heteroatoms. The lowest BCUT2D eigenvalue weighted by Crippen LogP contribution is -2.41. The van der Waals surface area contributed by atoms with Gasteiger partial charge in [0.2, 0.25) is 5.91 Å². The number of amides is 1. The third-order valence-electron chi connectivity index (χ3n) is 2.78. The van der Waals surface area contributed by atoms with Crippen molar-refractivity contribution in [1.29, 1.82) is 0 Å². The van der Waals surface area contributed by atoms with Crippen molar-refractivity contribution < 1.29 is 4.79 Å². The largest absolute Gasteiger partial charge is 0.349 e. The molecule has 1 aromatic rings. The van der Waals surface area contributed by atoms with E-state index in [0.29, 0.717) is 12.5 Å². The highest BCUT2D eigenvalue weighted by atomic mass is 35.5. The number of carbonyl (C=O) groups is 1. The molecule has 2 N–H and O–H groups in total. The van der Waals surface area contributed by atoms with Crippen LogP contribution in [-0.2, 0) is 4.79 Å². The summed E-state index contributed by atoms with van der Waals surface area (Å²) >= 11 is 3.61. The molecule has 0 saturated carbocycles. The van der Waals surface area contributed by atoms with Crippen LogP contribution in [0, 0.1) is 0 Å². The average molecular weight is 307 g/mol. The number of hydrogen-bond donors (Lipinski definition) is 2. The standard InChI is InChI=1S/C12H18N2OS2.ClH/c1-9(11-3-2-5-17-11)14-12(15)7-10-8-16-6-4-13-10;/h2-3,5,9-10,13H,4,6-8H2,1H3,(H,14,15);1H. The third kappa shape index (κ3) is 4.80. The SMILES string of the molecule is CC(NC(=O)CC1CSCCN1)c1cccs1.Cl. The van der Waals surface area contributed by atoms with Crippen LogP contribution in [0.5, 0.6) is 0 Å². The van der Waals surface area contributed by atoms with Crippen molar-refractivity contribution in [2.24, 2.45) is 0 Å². The predicted octanol–water partition coefficient (Wildman–Crippen LogP) is 2.44. The molecule has 1 aromatic heterocycles. The summed E-state index contributed by atoms with van der Waals surface area (Å²) in [6.45, 7) is 3.05. The number of thioether (sulfide) groups is 1. The van der Waals surface area contributed by atoms with Gasteiger partial charge in [-0.15, -0.1) is 23.7 Å². The molecule has 18 heavy (non-hydrogen) atoms. The quantitative estimate of drug-likeness (QED) is 0.898. The maximum atomic E-state index is 11.9. The Morgan fingerprint density at radius 1 is 1.67 bits per heavy atom. The Hall–Kier alpha value is -0.230. The maximum Gasteiger partial charge on any atom is 0.222 e. The zero-order valence-corrected chi connectivity index (χ0v) is 12.8. The number of hydrogen-bond acceptors (Lipinski definition) is 4. The van der Waals surface area contributed by atoms with Gasteiger partial charge >= 0.3 is 0 Å². The molecule has 1 aliphatic rings. The van der Waals surface area contributed by atoms with Gasteiger partial charge in [0.05, 0.1) is 6.04 Å². The molecule has 2 heterocycles. The van der Waals surface area contributed by atoms with Crippen LogP contribution >= 0.6 is 35.5 Å². The summed E-state index contributed by atoms with van der Waals surface area (Å²) in [6.07, 6.45) is 0.586. The second-order valence-electron chi connectivity index (χ2n) is 4.23. The second kappa shape index (κ2) is 8.04. The predicted molar refractivity (Wildman–Crippen MR) is 81.9 cm³/mol. The second-order valence-corrected chi connectivity index (χ2v) is 6.36. The van der Waals surface area contributed by atoms with E-state index in [-0.39, 0.29) is 24.4 Å². The van der Waals surface area contributed by atoms with E-state index in [0.717, 1.165) is 18.1 Å². The highest BCUT2D eigenvalue weighted by molar-refractivity contribution is 7.99. The molecule has 1 fully saturated rings. The molecule has 1 aliphatic heterocycles. The first kappa shape index (κ1) is 15.8. The van der Waals surface area contributed by atoms with Crippen molar-refractivity contribution in [2.75, 3.05) is 18.1 Å². The van der Waals surface area contributed by atoms with E-state index in [1.165, 1.54) is 4.88 Å². The van der Waals surface area contributed by atoms with Crippen LogP contribution in [0.1, 0.15) is 24.3 Å². The van der Waals surface area contributed by atoms with Crippen LogP contribution in [0.15, 0.2) is 17.5 Å². The molecule has 2 atom stereocenters. The van der Waals surface area contributed by atoms with Gasteiger partial charge in [-0.05, 0) is 18.4 Å². The first-order chi connectivity index (χ1) is 8.25. The van der Waals surface area contributed by atoms with Crippen LogP contribution < -0.4 is 10.6 Å². The van der Waals surface area contributed by atoms with E-state index in [1.54, 1.807) is 11.3 Å². The van der Waals surface area contributed by atoms with Gasteiger partial charge in [0.15, 0.2) is 0 Å². The fraction of sp³-hybridized carbons (Fsp3) is 0.583. The molecule has 0 spiro atoms. The van der Waals surface area contributed by atoms with Crippen LogP contribution in [0.25, 0.3) is 0 Å². The normalized spacial score (nSPS) is 20.8. The minimum Gasteiger partial charge on any atom is -0.349 e. The van der Waals surface area contributed by atoms with Gasteiger partial charge in [0.25, 0.3) is 0 Å². The fourth-order valence-electron chi connectivity index (χ4n) is 1.88. The Bertz CT molecular complexity index is 353. The monoisotopic (exact) mass is 306 g/mol. The van der Waals surface area contributed by atoms with Crippen LogP contribution in [0.2, 0.25) is 0 Å². The number of carbonyl (C=O) groups excluding carboxylic acids is 1. The molecular formula is C12H19ClN2OS2. The first-order valence-electron chi connectivity index (χ1n) is 5.89. The lowest BCUT2D eigenvalue weighted by atomic mass is 10.2. The lowest BCUT2D eigenvalue weighted by molar-refractivity contribution is -0.122. The lowest BCUT2D eigenvalue weighted by Gasteiger charge is -2.23. The zero-order valence-electron chi connectivity index (χ0n) is 10.3. The number of thiophene rings is 1. The highest BCUT2D eigenvalue weighted by Crippen LogP contribution is 2.18. The molecule has 102 valence electrons. The molecule has 0 aliphatic carbocycles. The molecule has 0 radical (unpaired) electrons. The Kier molecular flexibility index (Phi) is 7.07. The van der Waals surface area contributed by atoms with E-state index in [1.807, 2.05) is 30.1 Å². The molecule has 3 nitrogen and oxygen atoms in total. The van der Waals surface area contributed by atoms with Crippen molar-refractivity contribution >= 4 is 41.4 Å². The van der Waals surface area contributed by atoms with Gasteiger partial charge < -0.3 is 10.6 Å². The molecule has 2 rings (SSSR count). The van der Waals surface area contributed by atoms with E-state index >= 15 is 0 Å². The van der Waals surface area contributed by atoms with Crippen LogP contribution in [-0.4, -0.2) is 30.0 Å². The average Bonchev–Trinajstić information content (AvgIpc) is 2.83. The smallest absolute Gasteiger partial charge is 0.222 e.